The van der Waals surface area contributed by atoms with E-state index in [2.05, 4.69) is 15.9 Å². The number of fused-ring (bicyclic) bond motifs is 1. The molecule has 3 rings (SSSR count). The van der Waals surface area contributed by atoms with Gasteiger partial charge in [0.1, 0.15) is 0 Å². The summed E-state index contributed by atoms with van der Waals surface area (Å²) in [6.07, 6.45) is 4.58. The Morgan fingerprint density at radius 2 is 1.37 bits per heavy atom. The molecule has 140 valence electrons. The molecule has 0 fully saturated rings. The smallest absolute Gasteiger partial charge is 0.228 e. The molecule has 4 heteroatoms. The van der Waals surface area contributed by atoms with E-state index in [4.69, 9.17) is 4.74 Å². The first kappa shape index (κ1) is 19.6. The first-order chi connectivity index (χ1) is 13.2. The van der Waals surface area contributed by atoms with E-state index < -0.39 is 0 Å². The van der Waals surface area contributed by atoms with Crippen molar-refractivity contribution in [2.45, 2.75) is 32.1 Å². The van der Waals surface area contributed by atoms with Crippen molar-refractivity contribution < 1.29 is 14.3 Å². The third-order valence-electron chi connectivity index (χ3n) is 4.67. The Labute approximate surface area is 168 Å². The molecule has 0 N–H and O–H groups in total. The number of halogens is 1. The molecular weight excluding hydrogens is 404 g/mol. The van der Waals surface area contributed by atoms with Gasteiger partial charge in [-0.3, -0.25) is 9.59 Å². The molecule has 0 heterocycles. The van der Waals surface area contributed by atoms with Crippen molar-refractivity contribution in [1.82, 2.24) is 0 Å². The predicted molar refractivity (Wildman–Crippen MR) is 110 cm³/mol. The highest BCUT2D eigenvalue weighted by molar-refractivity contribution is 9.09. The zero-order chi connectivity index (χ0) is 19.1. The summed E-state index contributed by atoms with van der Waals surface area (Å²) >= 11 is 3.43. The zero-order valence-electron chi connectivity index (χ0n) is 15.2. The van der Waals surface area contributed by atoms with Crippen molar-refractivity contribution >= 4 is 27.5 Å². The number of Topliss-reactive ketones (excluding diaryl/α,β-unsaturated/α-hetero) is 2. The summed E-state index contributed by atoms with van der Waals surface area (Å²) in [4.78, 5) is 26.0. The summed E-state index contributed by atoms with van der Waals surface area (Å²) in [5, 5.41) is 1.00. The van der Waals surface area contributed by atoms with Crippen LogP contribution in [0.25, 0.3) is 0 Å². The Hall–Kier alpha value is -2.20. The van der Waals surface area contributed by atoms with Crippen LogP contribution in [-0.4, -0.2) is 23.5 Å². The fourth-order valence-electron chi connectivity index (χ4n) is 3.24. The minimum atomic E-state index is -0.184. The number of hydrogen-bond donors (Lipinski definition) is 0. The van der Waals surface area contributed by atoms with E-state index in [1.165, 1.54) is 0 Å². The summed E-state index contributed by atoms with van der Waals surface area (Å²) in [6, 6.07) is 16.7. The van der Waals surface area contributed by atoms with Crippen molar-refractivity contribution in [2.24, 2.45) is 0 Å². The first-order valence-corrected chi connectivity index (χ1v) is 10.5. The average Bonchev–Trinajstić information content (AvgIpc) is 2.71. The summed E-state index contributed by atoms with van der Waals surface area (Å²) in [5.74, 6) is -0.0667. The minimum absolute atomic E-state index is 0.108. The molecule has 0 saturated carbocycles. The lowest BCUT2D eigenvalue weighted by atomic mass is 9.85. The van der Waals surface area contributed by atoms with Gasteiger partial charge in [-0.2, -0.15) is 0 Å². The first-order valence-electron chi connectivity index (χ1n) is 9.36. The van der Waals surface area contributed by atoms with E-state index in [9.17, 15) is 9.59 Å². The number of hydrogen-bond acceptors (Lipinski definition) is 3. The predicted octanol–water partition coefficient (Wildman–Crippen LogP) is 5.53. The van der Waals surface area contributed by atoms with E-state index in [1.54, 1.807) is 24.3 Å². The average molecular weight is 427 g/mol. The maximum Gasteiger partial charge on any atom is 0.228 e. The van der Waals surface area contributed by atoms with E-state index in [0.29, 0.717) is 29.7 Å². The SMILES string of the molecule is O=C1C(Cc2ccccc2)=C(OCCCCCCBr)C(=O)c2ccccc21. The normalized spacial score (nSPS) is 13.7. The van der Waals surface area contributed by atoms with Gasteiger partial charge in [-0.05, 0) is 18.4 Å². The van der Waals surface area contributed by atoms with E-state index in [0.717, 1.165) is 36.6 Å². The lowest BCUT2D eigenvalue weighted by molar-refractivity contribution is 0.0866. The van der Waals surface area contributed by atoms with Gasteiger partial charge in [0.2, 0.25) is 5.78 Å². The summed E-state index contributed by atoms with van der Waals surface area (Å²) in [6.45, 7) is 0.455. The number of carbonyl (C=O) groups is 2. The van der Waals surface area contributed by atoms with Gasteiger partial charge >= 0.3 is 0 Å². The topological polar surface area (TPSA) is 43.4 Å². The maximum absolute atomic E-state index is 13.1. The van der Waals surface area contributed by atoms with Crippen LogP contribution in [0, 0.1) is 0 Å². The molecule has 0 aliphatic heterocycles. The highest BCUT2D eigenvalue weighted by Gasteiger charge is 2.33. The van der Waals surface area contributed by atoms with Gasteiger partial charge in [-0.1, -0.05) is 83.4 Å². The molecule has 0 saturated heterocycles. The molecule has 1 aliphatic carbocycles. The number of rotatable bonds is 9. The fourth-order valence-corrected chi connectivity index (χ4v) is 3.64. The summed E-state index contributed by atoms with van der Waals surface area (Å²) in [7, 11) is 0. The molecular formula is C23H23BrO3. The number of alkyl halides is 1. The fraction of sp³-hybridized carbons (Fsp3) is 0.304. The quantitative estimate of drug-likeness (QED) is 0.390. The lowest BCUT2D eigenvalue weighted by Crippen LogP contribution is -2.25. The van der Waals surface area contributed by atoms with Crippen molar-refractivity contribution in [1.29, 1.82) is 0 Å². The van der Waals surface area contributed by atoms with Gasteiger partial charge in [0.25, 0.3) is 0 Å². The Morgan fingerprint density at radius 1 is 0.741 bits per heavy atom. The summed E-state index contributed by atoms with van der Waals surface area (Å²) in [5.41, 5.74) is 2.36. The molecule has 0 unspecified atom stereocenters. The minimum Gasteiger partial charge on any atom is -0.489 e. The van der Waals surface area contributed by atoms with Gasteiger partial charge in [0.05, 0.1) is 12.2 Å². The van der Waals surface area contributed by atoms with Crippen LogP contribution in [0.3, 0.4) is 0 Å². The van der Waals surface area contributed by atoms with Gasteiger partial charge in [-0.25, -0.2) is 0 Å². The Morgan fingerprint density at radius 3 is 2.07 bits per heavy atom. The second-order valence-electron chi connectivity index (χ2n) is 6.63. The molecule has 0 amide bonds. The van der Waals surface area contributed by atoms with E-state index in [-0.39, 0.29) is 17.3 Å². The molecule has 0 spiro atoms. The molecule has 0 radical (unpaired) electrons. The molecule has 2 aromatic carbocycles. The number of ketones is 2. The number of benzene rings is 2. The van der Waals surface area contributed by atoms with Gasteiger partial charge in [0, 0.05) is 22.9 Å². The second-order valence-corrected chi connectivity index (χ2v) is 7.42. The van der Waals surface area contributed by atoms with Crippen molar-refractivity contribution in [3.8, 4) is 0 Å². The van der Waals surface area contributed by atoms with Gasteiger partial charge in [-0.15, -0.1) is 0 Å². The number of ether oxygens (including phenoxy) is 1. The number of carbonyl (C=O) groups excluding carboxylic acids is 2. The van der Waals surface area contributed by atoms with Crippen molar-refractivity contribution in [3.05, 3.63) is 82.6 Å². The zero-order valence-corrected chi connectivity index (χ0v) is 16.8. The highest BCUT2D eigenvalue weighted by Crippen LogP contribution is 2.29. The molecule has 0 aromatic heterocycles. The molecule has 0 atom stereocenters. The lowest BCUT2D eigenvalue weighted by Gasteiger charge is -2.21. The van der Waals surface area contributed by atoms with Crippen molar-refractivity contribution in [2.75, 3.05) is 11.9 Å². The Bertz CT molecular complexity index is 840. The maximum atomic E-state index is 13.1. The van der Waals surface area contributed by atoms with Crippen LogP contribution in [0.5, 0.6) is 0 Å². The van der Waals surface area contributed by atoms with Gasteiger partial charge < -0.3 is 4.74 Å². The third-order valence-corrected chi connectivity index (χ3v) is 5.23. The highest BCUT2D eigenvalue weighted by atomic mass is 79.9. The number of unbranched alkanes of at least 4 members (excludes halogenated alkanes) is 3. The Kier molecular flexibility index (Phi) is 6.99. The van der Waals surface area contributed by atoms with Crippen molar-refractivity contribution in [3.63, 3.8) is 0 Å². The molecule has 3 nitrogen and oxygen atoms in total. The third kappa shape index (κ3) is 4.75. The Balaban J connectivity index is 1.83. The van der Waals surface area contributed by atoms with Crippen LogP contribution in [-0.2, 0) is 11.2 Å². The monoisotopic (exact) mass is 426 g/mol. The van der Waals surface area contributed by atoms with Crippen LogP contribution in [0.4, 0.5) is 0 Å². The summed E-state index contributed by atoms with van der Waals surface area (Å²) < 4.78 is 5.89. The van der Waals surface area contributed by atoms with Crippen LogP contribution in [0.2, 0.25) is 0 Å². The second kappa shape index (κ2) is 9.65. The van der Waals surface area contributed by atoms with Gasteiger partial charge in [0.15, 0.2) is 11.5 Å². The molecule has 1 aliphatic rings. The van der Waals surface area contributed by atoms with E-state index in [1.807, 2.05) is 30.3 Å². The molecule has 2 aromatic rings. The standard InChI is InChI=1S/C23H23BrO3/c24-14-8-1-2-9-15-27-23-20(16-17-10-4-3-5-11-17)21(25)18-12-6-7-13-19(18)22(23)26/h3-7,10-13H,1-2,8-9,14-16H2. The van der Waals surface area contributed by atoms with Crippen LogP contribution in [0.1, 0.15) is 52.0 Å². The van der Waals surface area contributed by atoms with Crippen LogP contribution < -0.4 is 0 Å². The number of allylic oxidation sites excluding steroid dienone is 2. The molecule has 0 bridgehead atoms. The molecule has 27 heavy (non-hydrogen) atoms. The van der Waals surface area contributed by atoms with E-state index >= 15 is 0 Å². The van der Waals surface area contributed by atoms with Crippen LogP contribution >= 0.6 is 15.9 Å². The van der Waals surface area contributed by atoms with Crippen LogP contribution in [0.15, 0.2) is 65.9 Å². The largest absolute Gasteiger partial charge is 0.489 e.